The third kappa shape index (κ3) is 2.40. The van der Waals surface area contributed by atoms with Gasteiger partial charge in [0.1, 0.15) is 0 Å². The van der Waals surface area contributed by atoms with Crippen molar-refractivity contribution >= 4 is 5.69 Å². The van der Waals surface area contributed by atoms with E-state index in [9.17, 15) is 0 Å². The van der Waals surface area contributed by atoms with Crippen LogP contribution in [0.2, 0.25) is 0 Å². The third-order valence-electron chi connectivity index (χ3n) is 1.61. The number of rotatable bonds is 4. The Bertz CT molecular complexity index is 256. The second-order valence-electron chi connectivity index (χ2n) is 2.57. The van der Waals surface area contributed by atoms with Crippen molar-refractivity contribution in [3.8, 4) is 0 Å². The van der Waals surface area contributed by atoms with Gasteiger partial charge < -0.3 is 11.1 Å². The molecule has 1 aromatic rings. The molecule has 0 aromatic heterocycles. The fourth-order valence-corrected chi connectivity index (χ4v) is 0.998. The van der Waals surface area contributed by atoms with Crippen LogP contribution in [-0.2, 0) is 6.54 Å². The van der Waals surface area contributed by atoms with Gasteiger partial charge in [0.15, 0.2) is 0 Å². The summed E-state index contributed by atoms with van der Waals surface area (Å²) in [5.41, 5.74) is 7.74. The minimum atomic E-state index is 0.587. The van der Waals surface area contributed by atoms with Crippen LogP contribution in [0, 0.1) is 0 Å². The van der Waals surface area contributed by atoms with E-state index < -0.39 is 0 Å². The summed E-state index contributed by atoms with van der Waals surface area (Å²) < 4.78 is 0. The average molecular weight is 162 g/mol. The summed E-state index contributed by atoms with van der Waals surface area (Å²) in [4.78, 5) is 0. The average Bonchev–Trinajstić information content (AvgIpc) is 2.15. The van der Waals surface area contributed by atoms with E-state index in [1.54, 1.807) is 0 Å². The van der Waals surface area contributed by atoms with Crippen molar-refractivity contribution < 1.29 is 0 Å². The molecule has 0 aliphatic carbocycles. The van der Waals surface area contributed by atoms with Crippen molar-refractivity contribution in [2.45, 2.75) is 6.54 Å². The molecule has 1 rings (SSSR count). The highest BCUT2D eigenvalue weighted by molar-refractivity contribution is 5.46. The van der Waals surface area contributed by atoms with E-state index in [-0.39, 0.29) is 0 Å². The number of hydrogen-bond donors (Lipinski definition) is 2. The molecule has 0 saturated carbocycles. The first-order chi connectivity index (χ1) is 5.86. The molecule has 0 saturated heterocycles. The Morgan fingerprint density at radius 2 is 2.33 bits per heavy atom. The SMILES string of the molecule is C=CCNc1cccc(CN)c1. The second kappa shape index (κ2) is 4.57. The van der Waals surface area contributed by atoms with E-state index in [1.165, 1.54) is 0 Å². The van der Waals surface area contributed by atoms with Crippen molar-refractivity contribution in [2.75, 3.05) is 11.9 Å². The number of nitrogens with one attached hydrogen (secondary N) is 1. The second-order valence-corrected chi connectivity index (χ2v) is 2.57. The zero-order valence-corrected chi connectivity index (χ0v) is 7.09. The monoisotopic (exact) mass is 162 g/mol. The summed E-state index contributed by atoms with van der Waals surface area (Å²) in [6, 6.07) is 8.07. The maximum absolute atomic E-state index is 5.50. The van der Waals surface area contributed by atoms with Crippen LogP contribution in [0.15, 0.2) is 36.9 Å². The van der Waals surface area contributed by atoms with Crippen LogP contribution < -0.4 is 11.1 Å². The molecule has 0 amide bonds. The summed E-state index contributed by atoms with van der Waals surface area (Å²) in [5.74, 6) is 0. The molecule has 0 heterocycles. The van der Waals surface area contributed by atoms with Crippen LogP contribution >= 0.6 is 0 Å². The van der Waals surface area contributed by atoms with Crippen molar-refractivity contribution in [3.05, 3.63) is 42.5 Å². The van der Waals surface area contributed by atoms with E-state index in [1.807, 2.05) is 30.3 Å². The molecule has 0 bridgehead atoms. The molecule has 0 fully saturated rings. The Kier molecular flexibility index (Phi) is 3.35. The van der Waals surface area contributed by atoms with Crippen molar-refractivity contribution in [2.24, 2.45) is 5.73 Å². The molecule has 64 valence electrons. The fourth-order valence-electron chi connectivity index (χ4n) is 0.998. The molecule has 1 aromatic carbocycles. The molecule has 0 radical (unpaired) electrons. The minimum Gasteiger partial charge on any atom is -0.382 e. The number of benzene rings is 1. The number of nitrogens with two attached hydrogens (primary N) is 1. The standard InChI is InChI=1S/C10H14N2/c1-2-6-12-10-5-3-4-9(7-10)8-11/h2-5,7,12H,1,6,8,11H2. The molecular weight excluding hydrogens is 148 g/mol. The van der Waals surface area contributed by atoms with E-state index in [0.717, 1.165) is 17.8 Å². The molecule has 0 unspecified atom stereocenters. The van der Waals surface area contributed by atoms with Crippen molar-refractivity contribution in [1.29, 1.82) is 0 Å². The number of hydrogen-bond acceptors (Lipinski definition) is 2. The van der Waals surface area contributed by atoms with Gasteiger partial charge in [0, 0.05) is 18.8 Å². The lowest BCUT2D eigenvalue weighted by atomic mass is 10.2. The Morgan fingerprint density at radius 3 is 3.00 bits per heavy atom. The Labute approximate surface area is 73.1 Å². The molecule has 0 aliphatic rings. The van der Waals surface area contributed by atoms with Gasteiger partial charge in [-0.1, -0.05) is 18.2 Å². The van der Waals surface area contributed by atoms with E-state index in [4.69, 9.17) is 5.73 Å². The van der Waals surface area contributed by atoms with Crippen LogP contribution in [0.25, 0.3) is 0 Å². The Balaban J connectivity index is 2.65. The zero-order chi connectivity index (χ0) is 8.81. The first kappa shape index (κ1) is 8.81. The smallest absolute Gasteiger partial charge is 0.0345 e. The fraction of sp³-hybridized carbons (Fsp3) is 0.200. The van der Waals surface area contributed by atoms with Gasteiger partial charge in [0.05, 0.1) is 0 Å². The molecule has 0 spiro atoms. The Hall–Kier alpha value is -1.28. The van der Waals surface area contributed by atoms with Crippen molar-refractivity contribution in [1.82, 2.24) is 0 Å². The molecule has 0 aliphatic heterocycles. The zero-order valence-electron chi connectivity index (χ0n) is 7.09. The van der Waals surface area contributed by atoms with Crippen LogP contribution in [0.5, 0.6) is 0 Å². The van der Waals surface area contributed by atoms with Gasteiger partial charge in [0.25, 0.3) is 0 Å². The lowest BCUT2D eigenvalue weighted by Gasteiger charge is -2.04. The van der Waals surface area contributed by atoms with Gasteiger partial charge in [-0.25, -0.2) is 0 Å². The van der Waals surface area contributed by atoms with Gasteiger partial charge in [0.2, 0.25) is 0 Å². The molecule has 0 atom stereocenters. The van der Waals surface area contributed by atoms with Crippen LogP contribution in [-0.4, -0.2) is 6.54 Å². The van der Waals surface area contributed by atoms with E-state index in [2.05, 4.69) is 11.9 Å². The topological polar surface area (TPSA) is 38.0 Å². The molecule has 3 N–H and O–H groups in total. The highest BCUT2D eigenvalue weighted by Crippen LogP contribution is 2.09. The maximum atomic E-state index is 5.50. The highest BCUT2D eigenvalue weighted by Gasteiger charge is 1.91. The third-order valence-corrected chi connectivity index (χ3v) is 1.61. The minimum absolute atomic E-state index is 0.587. The summed E-state index contributed by atoms with van der Waals surface area (Å²) in [7, 11) is 0. The predicted octanol–water partition coefficient (Wildman–Crippen LogP) is 1.74. The lowest BCUT2D eigenvalue weighted by Crippen LogP contribution is -2.00. The van der Waals surface area contributed by atoms with Crippen LogP contribution in [0.3, 0.4) is 0 Å². The molecule has 12 heavy (non-hydrogen) atoms. The summed E-state index contributed by atoms with van der Waals surface area (Å²) >= 11 is 0. The Morgan fingerprint density at radius 1 is 1.50 bits per heavy atom. The first-order valence-electron chi connectivity index (χ1n) is 4.00. The van der Waals surface area contributed by atoms with E-state index >= 15 is 0 Å². The van der Waals surface area contributed by atoms with Gasteiger partial charge >= 0.3 is 0 Å². The lowest BCUT2D eigenvalue weighted by molar-refractivity contribution is 1.07. The quantitative estimate of drug-likeness (QED) is 0.662. The highest BCUT2D eigenvalue weighted by atomic mass is 14.8. The molecule has 2 heteroatoms. The van der Waals surface area contributed by atoms with Gasteiger partial charge in [-0.2, -0.15) is 0 Å². The van der Waals surface area contributed by atoms with Gasteiger partial charge in [-0.15, -0.1) is 6.58 Å². The van der Waals surface area contributed by atoms with Crippen LogP contribution in [0.1, 0.15) is 5.56 Å². The first-order valence-corrected chi connectivity index (χ1v) is 4.00. The molecular formula is C10H14N2. The number of anilines is 1. The molecule has 2 nitrogen and oxygen atoms in total. The van der Waals surface area contributed by atoms with E-state index in [0.29, 0.717) is 6.54 Å². The summed E-state index contributed by atoms with van der Waals surface area (Å²) in [6.07, 6.45) is 1.83. The van der Waals surface area contributed by atoms with Gasteiger partial charge in [-0.05, 0) is 17.7 Å². The maximum Gasteiger partial charge on any atom is 0.0345 e. The summed E-state index contributed by atoms with van der Waals surface area (Å²) in [6.45, 7) is 5.00. The predicted molar refractivity (Wildman–Crippen MR) is 53.0 cm³/mol. The summed E-state index contributed by atoms with van der Waals surface area (Å²) in [5, 5.41) is 3.20. The largest absolute Gasteiger partial charge is 0.382 e. The van der Waals surface area contributed by atoms with Crippen LogP contribution in [0.4, 0.5) is 5.69 Å². The van der Waals surface area contributed by atoms with Crippen molar-refractivity contribution in [3.63, 3.8) is 0 Å². The normalized spacial score (nSPS) is 9.42. The van der Waals surface area contributed by atoms with Gasteiger partial charge in [-0.3, -0.25) is 0 Å².